The number of hydrogen-bond donors (Lipinski definition) is 0. The lowest BCUT2D eigenvalue weighted by Gasteiger charge is -1.92. The van der Waals surface area contributed by atoms with Crippen molar-refractivity contribution in [2.75, 3.05) is 0 Å². The maximum atomic E-state index is 5.64. The molecule has 0 aliphatic carbocycles. The largest absolute Gasteiger partial charge is 0.243 e. The summed E-state index contributed by atoms with van der Waals surface area (Å²) in [5, 5.41) is 0. The molecule has 1 heterocycles. The van der Waals surface area contributed by atoms with Gasteiger partial charge in [0.25, 0.3) is 0 Å². The van der Waals surface area contributed by atoms with Crippen molar-refractivity contribution in [1.29, 1.82) is 0 Å². The van der Waals surface area contributed by atoms with E-state index in [2.05, 4.69) is 4.98 Å². The zero-order valence-electron chi connectivity index (χ0n) is 5.45. The minimum Gasteiger partial charge on any atom is -0.243 e. The molecule has 1 aromatic heterocycles. The third kappa shape index (κ3) is 1.24. The van der Waals surface area contributed by atoms with E-state index >= 15 is 0 Å². The maximum Gasteiger partial charge on any atom is 0.0959 e. The predicted octanol–water partition coefficient (Wildman–Crippen LogP) is 3.54. The molecule has 0 bridgehead atoms. The second kappa shape index (κ2) is 3.01. The van der Waals surface area contributed by atoms with E-state index in [9.17, 15) is 0 Å². The summed E-state index contributed by atoms with van der Waals surface area (Å²) < 4.78 is 1.19. The minimum atomic E-state index is 1.01. The molecule has 1 nitrogen and oxygen atoms in total. The van der Waals surface area contributed by atoms with Crippen LogP contribution in [0.3, 0.4) is 0 Å². The number of aromatic nitrogens is 1. The van der Waals surface area contributed by atoms with Crippen LogP contribution in [0.4, 0.5) is 0 Å². The van der Waals surface area contributed by atoms with Gasteiger partial charge in [0.15, 0.2) is 0 Å². The van der Waals surface area contributed by atoms with E-state index < -0.39 is 0 Å². The Hall–Kier alpha value is -0.250. The molecule has 0 saturated heterocycles. The van der Waals surface area contributed by atoms with Gasteiger partial charge in [-0.15, -0.1) is 11.3 Å². The smallest absolute Gasteiger partial charge is 0.0959 e. The molecule has 0 amide bonds. The Morgan fingerprint density at radius 1 is 1.45 bits per heavy atom. The van der Waals surface area contributed by atoms with E-state index in [1.165, 1.54) is 15.7 Å². The third-order valence-electron chi connectivity index (χ3n) is 1.41. The monoisotopic (exact) mass is 201 g/mol. The Morgan fingerprint density at radius 3 is 3.18 bits per heavy atom. The standard InChI is InChI=1S/C7H4ClNS2/c8-11-6-3-1-2-5-7(6)9-4-10-5/h1-4H. The van der Waals surface area contributed by atoms with Crippen LogP contribution in [0, 0.1) is 0 Å². The average Bonchev–Trinajstić information content (AvgIpc) is 2.50. The van der Waals surface area contributed by atoms with Gasteiger partial charge >= 0.3 is 0 Å². The van der Waals surface area contributed by atoms with E-state index in [4.69, 9.17) is 10.7 Å². The van der Waals surface area contributed by atoms with Gasteiger partial charge in [-0.1, -0.05) is 6.07 Å². The van der Waals surface area contributed by atoms with Gasteiger partial charge in [-0.2, -0.15) is 0 Å². The van der Waals surface area contributed by atoms with E-state index in [0.717, 1.165) is 10.4 Å². The van der Waals surface area contributed by atoms with Gasteiger partial charge < -0.3 is 0 Å². The van der Waals surface area contributed by atoms with Gasteiger partial charge in [-0.25, -0.2) is 4.98 Å². The van der Waals surface area contributed by atoms with Crippen LogP contribution in [-0.4, -0.2) is 4.98 Å². The molecule has 0 radical (unpaired) electrons. The molecular formula is C7H4ClNS2. The average molecular weight is 202 g/mol. The molecule has 0 saturated carbocycles. The lowest BCUT2D eigenvalue weighted by atomic mass is 10.3. The first-order valence-corrected chi connectivity index (χ1v) is 5.55. The molecular weight excluding hydrogens is 198 g/mol. The Balaban J connectivity index is 2.79. The molecule has 11 heavy (non-hydrogen) atoms. The molecule has 0 aliphatic rings. The number of hydrogen-bond acceptors (Lipinski definition) is 3. The van der Waals surface area contributed by atoms with E-state index in [-0.39, 0.29) is 0 Å². The second-order valence-electron chi connectivity index (χ2n) is 2.03. The first-order chi connectivity index (χ1) is 5.42. The lowest BCUT2D eigenvalue weighted by molar-refractivity contribution is 1.42. The minimum absolute atomic E-state index is 1.01. The fraction of sp³-hybridized carbons (Fsp3) is 0. The molecule has 2 aromatic rings. The molecule has 0 atom stereocenters. The number of benzene rings is 1. The Bertz CT molecular complexity index is 371. The number of thiazole rings is 1. The summed E-state index contributed by atoms with van der Waals surface area (Å²) >= 11 is 1.63. The van der Waals surface area contributed by atoms with Gasteiger partial charge in [-0.3, -0.25) is 0 Å². The molecule has 0 N–H and O–H groups in total. The van der Waals surface area contributed by atoms with Crippen molar-refractivity contribution in [2.45, 2.75) is 4.90 Å². The van der Waals surface area contributed by atoms with Crippen LogP contribution < -0.4 is 0 Å². The first kappa shape index (κ1) is 7.40. The Labute approximate surface area is 76.9 Å². The van der Waals surface area contributed by atoms with Crippen molar-refractivity contribution in [3.05, 3.63) is 23.7 Å². The van der Waals surface area contributed by atoms with Crippen molar-refractivity contribution >= 4 is 43.2 Å². The predicted molar refractivity (Wildman–Crippen MR) is 51.3 cm³/mol. The lowest BCUT2D eigenvalue weighted by Crippen LogP contribution is -1.70. The van der Waals surface area contributed by atoms with Gasteiger partial charge in [0.05, 0.1) is 20.6 Å². The third-order valence-corrected chi connectivity index (χ3v) is 3.20. The molecule has 0 spiro atoms. The summed E-state index contributed by atoms with van der Waals surface area (Å²) in [5.41, 5.74) is 2.85. The molecule has 2 rings (SSSR count). The number of rotatable bonds is 1. The van der Waals surface area contributed by atoms with Gasteiger partial charge in [0, 0.05) is 0 Å². The molecule has 0 aliphatic heterocycles. The van der Waals surface area contributed by atoms with Crippen molar-refractivity contribution in [3.8, 4) is 0 Å². The summed E-state index contributed by atoms with van der Waals surface area (Å²) in [6.07, 6.45) is 0. The van der Waals surface area contributed by atoms with Crippen LogP contribution in [0.2, 0.25) is 0 Å². The van der Waals surface area contributed by atoms with Gasteiger partial charge in [0.2, 0.25) is 0 Å². The first-order valence-electron chi connectivity index (χ1n) is 3.02. The molecule has 0 fully saturated rings. The van der Waals surface area contributed by atoms with Crippen LogP contribution in [0.15, 0.2) is 28.6 Å². The Kier molecular flexibility index (Phi) is 2.02. The fourth-order valence-electron chi connectivity index (χ4n) is 0.923. The van der Waals surface area contributed by atoms with E-state index in [0.29, 0.717) is 0 Å². The number of fused-ring (bicyclic) bond motifs is 1. The van der Waals surface area contributed by atoms with Crippen molar-refractivity contribution in [1.82, 2.24) is 4.98 Å². The van der Waals surface area contributed by atoms with Crippen molar-refractivity contribution in [2.24, 2.45) is 0 Å². The summed E-state index contributed by atoms with van der Waals surface area (Å²) in [6, 6.07) is 6.01. The van der Waals surface area contributed by atoms with Crippen LogP contribution in [0.25, 0.3) is 10.2 Å². The summed E-state index contributed by atoms with van der Waals surface area (Å²) in [5.74, 6) is 0. The van der Waals surface area contributed by atoms with Crippen LogP contribution in [-0.2, 0) is 0 Å². The second-order valence-corrected chi connectivity index (χ2v) is 3.98. The van der Waals surface area contributed by atoms with Crippen molar-refractivity contribution in [3.63, 3.8) is 0 Å². The summed E-state index contributed by atoms with van der Waals surface area (Å²) in [7, 11) is 6.86. The number of halogens is 1. The molecule has 56 valence electrons. The zero-order chi connectivity index (χ0) is 7.68. The van der Waals surface area contributed by atoms with Crippen LogP contribution >= 0.6 is 33.0 Å². The van der Waals surface area contributed by atoms with Crippen molar-refractivity contribution < 1.29 is 0 Å². The number of para-hydroxylation sites is 1. The number of nitrogens with zero attached hydrogens (tertiary/aromatic N) is 1. The van der Waals surface area contributed by atoms with Gasteiger partial charge in [-0.05, 0) is 33.8 Å². The fourth-order valence-corrected chi connectivity index (χ4v) is 2.43. The van der Waals surface area contributed by atoms with E-state index in [1.807, 2.05) is 23.7 Å². The highest BCUT2D eigenvalue weighted by atomic mass is 35.7. The summed E-state index contributed by atoms with van der Waals surface area (Å²) in [6.45, 7) is 0. The maximum absolute atomic E-state index is 5.64. The normalized spacial score (nSPS) is 10.6. The molecule has 4 heteroatoms. The molecule has 1 aromatic carbocycles. The topological polar surface area (TPSA) is 12.9 Å². The Morgan fingerprint density at radius 2 is 2.36 bits per heavy atom. The van der Waals surface area contributed by atoms with Gasteiger partial charge in [0.1, 0.15) is 0 Å². The molecule has 0 unspecified atom stereocenters. The highest BCUT2D eigenvalue weighted by Gasteiger charge is 2.01. The quantitative estimate of drug-likeness (QED) is 0.700. The highest BCUT2D eigenvalue weighted by molar-refractivity contribution is 8.21. The van der Waals surface area contributed by atoms with Crippen LogP contribution in [0.1, 0.15) is 0 Å². The van der Waals surface area contributed by atoms with Crippen LogP contribution in [0.5, 0.6) is 0 Å². The van der Waals surface area contributed by atoms with E-state index in [1.54, 1.807) is 11.3 Å². The summed E-state index contributed by atoms with van der Waals surface area (Å²) in [4.78, 5) is 5.24. The SMILES string of the molecule is ClSc1cccc2scnc12. The zero-order valence-corrected chi connectivity index (χ0v) is 7.84. The highest BCUT2D eigenvalue weighted by Crippen LogP contribution is 2.30.